The van der Waals surface area contributed by atoms with Crippen LogP contribution in [-0.2, 0) is 0 Å². The Balaban J connectivity index is 2.42. The molecule has 0 spiro atoms. The Morgan fingerprint density at radius 3 is 2.25 bits per heavy atom. The van der Waals surface area contributed by atoms with Crippen molar-refractivity contribution < 1.29 is 0 Å². The zero-order valence-electron chi connectivity index (χ0n) is 7.45. The largest absolute Gasteiger partial charge is 0.0882 e. The molecule has 0 bridgehead atoms. The van der Waals surface area contributed by atoms with Gasteiger partial charge in [0.2, 0.25) is 0 Å². The molecule has 0 atom stereocenters. The smallest absolute Gasteiger partial charge is 0.0166 e. The molecule has 1 aliphatic rings. The third-order valence-corrected chi connectivity index (χ3v) is 1.79. The third-order valence-electron chi connectivity index (χ3n) is 1.79. The monoisotopic (exact) mass is 160 g/mol. The molecule has 0 fully saturated rings. The maximum Gasteiger partial charge on any atom is -0.0166 e. The van der Waals surface area contributed by atoms with Crippen LogP contribution in [0.15, 0.2) is 48.6 Å². The van der Waals surface area contributed by atoms with E-state index in [1.165, 1.54) is 19.3 Å². The summed E-state index contributed by atoms with van der Waals surface area (Å²) in [4.78, 5) is 0. The van der Waals surface area contributed by atoms with Gasteiger partial charge in [-0.1, -0.05) is 48.6 Å². The van der Waals surface area contributed by atoms with E-state index in [4.69, 9.17) is 0 Å². The molecule has 1 rings (SSSR count). The molecule has 0 saturated heterocycles. The van der Waals surface area contributed by atoms with Gasteiger partial charge in [0.1, 0.15) is 0 Å². The Hall–Kier alpha value is -1.04. The second-order valence-electron chi connectivity index (χ2n) is 2.88. The lowest BCUT2D eigenvalue weighted by atomic mass is 10.2. The van der Waals surface area contributed by atoms with Gasteiger partial charge in [-0.2, -0.15) is 0 Å². The van der Waals surface area contributed by atoms with Crippen LogP contribution in [-0.4, -0.2) is 0 Å². The lowest BCUT2D eigenvalue weighted by Crippen LogP contribution is -1.69. The van der Waals surface area contributed by atoms with E-state index in [-0.39, 0.29) is 0 Å². The minimum Gasteiger partial charge on any atom is -0.0882 e. The molecular formula is C12H16. The van der Waals surface area contributed by atoms with Gasteiger partial charge in [-0.25, -0.2) is 0 Å². The van der Waals surface area contributed by atoms with E-state index in [1.807, 2.05) is 0 Å². The Kier molecular flexibility index (Phi) is 5.02. The fourth-order valence-electron chi connectivity index (χ4n) is 1.11. The van der Waals surface area contributed by atoms with E-state index < -0.39 is 0 Å². The summed E-state index contributed by atoms with van der Waals surface area (Å²) >= 11 is 0. The molecule has 0 aromatic heterocycles. The fourth-order valence-corrected chi connectivity index (χ4v) is 1.11. The lowest BCUT2D eigenvalue weighted by molar-refractivity contribution is 0.866. The van der Waals surface area contributed by atoms with Crippen LogP contribution in [0.1, 0.15) is 25.7 Å². The van der Waals surface area contributed by atoms with Gasteiger partial charge >= 0.3 is 0 Å². The second-order valence-corrected chi connectivity index (χ2v) is 2.88. The number of allylic oxidation sites excluding steroid dienone is 8. The summed E-state index contributed by atoms with van der Waals surface area (Å²) < 4.78 is 0. The van der Waals surface area contributed by atoms with Gasteiger partial charge in [0, 0.05) is 0 Å². The molecule has 0 heteroatoms. The van der Waals surface area contributed by atoms with Crippen LogP contribution in [0.3, 0.4) is 0 Å². The fraction of sp³-hybridized carbons (Fsp3) is 0.333. The topological polar surface area (TPSA) is 0 Å². The molecule has 0 aliphatic heterocycles. The highest BCUT2D eigenvalue weighted by Crippen LogP contribution is 2.00. The molecule has 0 saturated carbocycles. The molecule has 64 valence electrons. The first-order chi connectivity index (χ1) is 6.00. The maximum atomic E-state index is 2.27. The summed E-state index contributed by atoms with van der Waals surface area (Å²) in [5, 5.41) is 0. The Bertz CT molecular complexity index is 204. The number of hydrogen-bond acceptors (Lipinski definition) is 0. The van der Waals surface area contributed by atoms with Crippen LogP contribution >= 0.6 is 0 Å². The SMILES string of the molecule is C1=C\C/C=C\CCC/C=C/C=C/1. The molecule has 0 heterocycles. The summed E-state index contributed by atoms with van der Waals surface area (Å²) in [5.74, 6) is 0. The Morgan fingerprint density at radius 1 is 0.583 bits per heavy atom. The van der Waals surface area contributed by atoms with E-state index in [2.05, 4.69) is 48.6 Å². The number of rotatable bonds is 0. The van der Waals surface area contributed by atoms with Gasteiger partial charge < -0.3 is 0 Å². The van der Waals surface area contributed by atoms with Crippen LogP contribution in [0.25, 0.3) is 0 Å². The molecule has 12 heavy (non-hydrogen) atoms. The van der Waals surface area contributed by atoms with Gasteiger partial charge in [-0.15, -0.1) is 0 Å². The average molecular weight is 160 g/mol. The van der Waals surface area contributed by atoms with Gasteiger partial charge in [0.25, 0.3) is 0 Å². The van der Waals surface area contributed by atoms with Crippen molar-refractivity contribution in [1.82, 2.24) is 0 Å². The van der Waals surface area contributed by atoms with Gasteiger partial charge in [-0.3, -0.25) is 0 Å². The quantitative estimate of drug-likeness (QED) is 0.473. The van der Waals surface area contributed by atoms with Crippen molar-refractivity contribution in [3.63, 3.8) is 0 Å². The van der Waals surface area contributed by atoms with E-state index in [0.717, 1.165) is 6.42 Å². The highest BCUT2D eigenvalue weighted by Gasteiger charge is 1.80. The average Bonchev–Trinajstić information content (AvgIpc) is 2.05. The van der Waals surface area contributed by atoms with E-state index in [0.29, 0.717) is 0 Å². The molecule has 0 aromatic rings. The van der Waals surface area contributed by atoms with E-state index >= 15 is 0 Å². The molecule has 0 unspecified atom stereocenters. The van der Waals surface area contributed by atoms with Crippen LogP contribution < -0.4 is 0 Å². The van der Waals surface area contributed by atoms with Gasteiger partial charge in [0.15, 0.2) is 0 Å². The summed E-state index contributed by atoms with van der Waals surface area (Å²) in [5.41, 5.74) is 0. The van der Waals surface area contributed by atoms with E-state index in [9.17, 15) is 0 Å². The van der Waals surface area contributed by atoms with Gasteiger partial charge in [-0.05, 0) is 25.7 Å². The molecule has 0 nitrogen and oxygen atoms in total. The van der Waals surface area contributed by atoms with Crippen molar-refractivity contribution >= 4 is 0 Å². The molecule has 0 amide bonds. The van der Waals surface area contributed by atoms with Crippen LogP contribution in [0.2, 0.25) is 0 Å². The molecule has 1 aliphatic carbocycles. The Labute approximate surface area is 75.0 Å². The molecular weight excluding hydrogens is 144 g/mol. The first-order valence-electron chi connectivity index (χ1n) is 4.63. The predicted molar refractivity (Wildman–Crippen MR) is 55.0 cm³/mol. The van der Waals surface area contributed by atoms with E-state index in [1.54, 1.807) is 0 Å². The minimum atomic E-state index is 1.06. The zero-order valence-corrected chi connectivity index (χ0v) is 7.45. The lowest BCUT2D eigenvalue weighted by Gasteiger charge is -1.90. The summed E-state index contributed by atoms with van der Waals surface area (Å²) in [6.07, 6.45) is 22.0. The van der Waals surface area contributed by atoms with Crippen molar-refractivity contribution in [3.8, 4) is 0 Å². The standard InChI is InChI=1S/C12H16/c1-2-4-6-8-10-12-11-9-7-5-3-1/h1-6,9,11H,7-8,10,12H2/b2-1+,5-3-,6-4+,11-9-. The van der Waals surface area contributed by atoms with Crippen molar-refractivity contribution in [1.29, 1.82) is 0 Å². The minimum absolute atomic E-state index is 1.06. The van der Waals surface area contributed by atoms with Crippen molar-refractivity contribution in [2.24, 2.45) is 0 Å². The summed E-state index contributed by atoms with van der Waals surface area (Å²) in [6, 6.07) is 0. The zero-order chi connectivity index (χ0) is 8.49. The van der Waals surface area contributed by atoms with Crippen LogP contribution in [0, 0.1) is 0 Å². The summed E-state index contributed by atoms with van der Waals surface area (Å²) in [6.45, 7) is 0. The Morgan fingerprint density at radius 2 is 1.33 bits per heavy atom. The first kappa shape index (κ1) is 9.05. The normalized spacial score (nSPS) is 29.3. The van der Waals surface area contributed by atoms with Crippen LogP contribution in [0.5, 0.6) is 0 Å². The number of hydrogen-bond donors (Lipinski definition) is 0. The predicted octanol–water partition coefficient (Wildman–Crippen LogP) is 3.79. The molecule has 0 radical (unpaired) electrons. The highest BCUT2D eigenvalue weighted by molar-refractivity contribution is 5.12. The third kappa shape index (κ3) is 4.73. The van der Waals surface area contributed by atoms with Crippen molar-refractivity contribution in [3.05, 3.63) is 48.6 Å². The second kappa shape index (κ2) is 6.66. The first-order valence-corrected chi connectivity index (χ1v) is 4.63. The molecule has 0 N–H and O–H groups in total. The molecule has 0 aromatic carbocycles. The summed E-state index contributed by atoms with van der Waals surface area (Å²) in [7, 11) is 0. The maximum absolute atomic E-state index is 2.27. The van der Waals surface area contributed by atoms with Crippen molar-refractivity contribution in [2.75, 3.05) is 0 Å². The van der Waals surface area contributed by atoms with Gasteiger partial charge in [0.05, 0.1) is 0 Å². The van der Waals surface area contributed by atoms with Crippen LogP contribution in [0.4, 0.5) is 0 Å². The highest BCUT2D eigenvalue weighted by atomic mass is 13.9. The van der Waals surface area contributed by atoms with Crippen molar-refractivity contribution in [2.45, 2.75) is 25.7 Å².